The van der Waals surface area contributed by atoms with Crippen LogP contribution in [0.4, 0.5) is 0 Å². The van der Waals surface area contributed by atoms with Gasteiger partial charge in [-0.25, -0.2) is 0 Å². The first-order chi connectivity index (χ1) is 6.88. The molecule has 2 aromatic carbocycles. The van der Waals surface area contributed by atoms with Gasteiger partial charge in [-0.3, -0.25) is 0 Å². The van der Waals surface area contributed by atoms with Crippen molar-refractivity contribution in [3.63, 3.8) is 0 Å². The molecule has 0 aliphatic heterocycles. The Labute approximate surface area is 82.6 Å². The molecule has 0 amide bonds. The molecule has 14 heavy (non-hydrogen) atoms. The van der Waals surface area contributed by atoms with Crippen molar-refractivity contribution < 1.29 is 0 Å². The summed E-state index contributed by atoms with van der Waals surface area (Å²) in [5, 5.41) is 2.59. The molecule has 0 saturated carbocycles. The van der Waals surface area contributed by atoms with E-state index in [1.807, 2.05) is 6.07 Å². The lowest BCUT2D eigenvalue weighted by Gasteiger charge is -1.95. The summed E-state index contributed by atoms with van der Waals surface area (Å²) < 4.78 is 2.22. The van der Waals surface area contributed by atoms with Gasteiger partial charge in [-0.2, -0.15) is 0 Å². The molecule has 1 heterocycles. The lowest BCUT2D eigenvalue weighted by atomic mass is 10.2. The van der Waals surface area contributed by atoms with Crippen molar-refractivity contribution in [2.24, 2.45) is 7.05 Å². The fourth-order valence-corrected chi connectivity index (χ4v) is 2.05. The Bertz CT molecular complexity index is 551. The molecule has 67 valence electrons. The molecule has 1 heteroatoms. The van der Waals surface area contributed by atoms with Gasteiger partial charge < -0.3 is 4.57 Å². The number of benzene rings is 2. The molecular weight excluding hydrogens is 170 g/mol. The molecule has 0 saturated heterocycles. The predicted octanol–water partition coefficient (Wildman–Crippen LogP) is 3.13. The lowest BCUT2D eigenvalue weighted by Crippen LogP contribution is -1.84. The Kier molecular flexibility index (Phi) is 1.42. The van der Waals surface area contributed by atoms with Crippen LogP contribution < -0.4 is 0 Å². The van der Waals surface area contributed by atoms with Crippen molar-refractivity contribution in [2.75, 3.05) is 0 Å². The Morgan fingerprint density at radius 1 is 1.00 bits per heavy atom. The highest BCUT2D eigenvalue weighted by molar-refractivity contribution is 6.07. The average Bonchev–Trinajstić information content (AvgIpc) is 2.55. The van der Waals surface area contributed by atoms with Crippen LogP contribution in [0, 0.1) is 6.07 Å². The van der Waals surface area contributed by atoms with Crippen LogP contribution in [0.15, 0.2) is 42.5 Å². The van der Waals surface area contributed by atoms with Crippen LogP contribution in [-0.4, -0.2) is 4.57 Å². The van der Waals surface area contributed by atoms with Crippen LogP contribution in [0.5, 0.6) is 0 Å². The summed E-state index contributed by atoms with van der Waals surface area (Å²) in [6.07, 6.45) is 0. The summed E-state index contributed by atoms with van der Waals surface area (Å²) in [5.41, 5.74) is 2.55. The van der Waals surface area contributed by atoms with Gasteiger partial charge in [0.05, 0.1) is 0 Å². The second-order valence-corrected chi connectivity index (χ2v) is 3.52. The van der Waals surface area contributed by atoms with Crippen LogP contribution in [0.25, 0.3) is 21.8 Å². The molecule has 0 aliphatic rings. The molecule has 3 aromatic rings. The third kappa shape index (κ3) is 0.841. The van der Waals surface area contributed by atoms with Gasteiger partial charge in [-0.1, -0.05) is 24.3 Å². The Morgan fingerprint density at radius 2 is 1.79 bits per heavy atom. The first-order valence-electron chi connectivity index (χ1n) is 4.71. The molecule has 0 N–H and O–H groups in total. The summed E-state index contributed by atoms with van der Waals surface area (Å²) in [4.78, 5) is 0. The smallest absolute Gasteiger partial charge is 0.0489 e. The van der Waals surface area contributed by atoms with E-state index in [4.69, 9.17) is 0 Å². The van der Waals surface area contributed by atoms with E-state index in [9.17, 15) is 0 Å². The van der Waals surface area contributed by atoms with E-state index >= 15 is 0 Å². The van der Waals surface area contributed by atoms with E-state index in [2.05, 4.69) is 54.1 Å². The molecule has 1 nitrogen and oxygen atoms in total. The minimum absolute atomic E-state index is 1.27. The number of hydrogen-bond donors (Lipinski definition) is 0. The average molecular weight is 180 g/mol. The van der Waals surface area contributed by atoms with Crippen molar-refractivity contribution in [1.82, 2.24) is 4.57 Å². The normalized spacial score (nSPS) is 11.2. The Balaban J connectivity index is 2.69. The summed E-state index contributed by atoms with van der Waals surface area (Å²) in [5.74, 6) is 0. The van der Waals surface area contributed by atoms with Gasteiger partial charge in [-0.15, -0.1) is 0 Å². The lowest BCUT2D eigenvalue weighted by molar-refractivity contribution is 1.01. The maximum atomic E-state index is 3.13. The number of rotatable bonds is 0. The van der Waals surface area contributed by atoms with E-state index in [1.54, 1.807) is 0 Å². The fraction of sp³-hybridized carbons (Fsp3) is 0.0769. The van der Waals surface area contributed by atoms with Gasteiger partial charge in [0.25, 0.3) is 0 Å². The molecular formula is C13H10N. The van der Waals surface area contributed by atoms with Crippen LogP contribution in [0.2, 0.25) is 0 Å². The monoisotopic (exact) mass is 180 g/mol. The number of aryl methyl sites for hydroxylation is 1. The van der Waals surface area contributed by atoms with E-state index in [0.717, 1.165) is 0 Å². The second kappa shape index (κ2) is 2.61. The largest absolute Gasteiger partial charge is 0.344 e. The topological polar surface area (TPSA) is 4.93 Å². The molecule has 0 fully saturated rings. The van der Waals surface area contributed by atoms with Gasteiger partial charge in [0, 0.05) is 28.9 Å². The summed E-state index contributed by atoms with van der Waals surface area (Å²) in [7, 11) is 2.10. The highest BCUT2D eigenvalue weighted by atomic mass is 14.9. The zero-order valence-electron chi connectivity index (χ0n) is 7.99. The zero-order chi connectivity index (χ0) is 9.54. The summed E-state index contributed by atoms with van der Waals surface area (Å²) in [6, 6.07) is 17.7. The van der Waals surface area contributed by atoms with Crippen molar-refractivity contribution in [3.05, 3.63) is 48.5 Å². The maximum absolute atomic E-state index is 3.13. The molecule has 0 unspecified atom stereocenters. The van der Waals surface area contributed by atoms with Crippen molar-refractivity contribution >= 4 is 21.8 Å². The van der Waals surface area contributed by atoms with E-state index in [1.165, 1.54) is 21.8 Å². The van der Waals surface area contributed by atoms with Crippen molar-refractivity contribution in [2.45, 2.75) is 0 Å². The predicted molar refractivity (Wildman–Crippen MR) is 59.3 cm³/mol. The third-order valence-electron chi connectivity index (χ3n) is 2.76. The highest BCUT2D eigenvalue weighted by Gasteiger charge is 2.04. The minimum atomic E-state index is 1.27. The number of para-hydroxylation sites is 1. The van der Waals surface area contributed by atoms with Crippen LogP contribution >= 0.6 is 0 Å². The number of fused-ring (bicyclic) bond motifs is 3. The van der Waals surface area contributed by atoms with Gasteiger partial charge in [0.2, 0.25) is 0 Å². The van der Waals surface area contributed by atoms with E-state index in [0.29, 0.717) is 0 Å². The Morgan fingerprint density at radius 3 is 2.71 bits per heavy atom. The van der Waals surface area contributed by atoms with E-state index in [-0.39, 0.29) is 0 Å². The standard InChI is InChI=1S/C13H10N/c1-14-12-8-4-2-6-10(12)11-7-3-5-9-13(11)14/h2,4-9H,1H3. The Hall–Kier alpha value is -1.76. The molecule has 0 bridgehead atoms. The SMILES string of the molecule is Cn1c2cc[c]cc2c2ccccc21. The van der Waals surface area contributed by atoms with Gasteiger partial charge >= 0.3 is 0 Å². The molecule has 0 aliphatic carbocycles. The fourth-order valence-electron chi connectivity index (χ4n) is 2.05. The third-order valence-corrected chi connectivity index (χ3v) is 2.76. The maximum Gasteiger partial charge on any atom is 0.0489 e. The summed E-state index contributed by atoms with van der Waals surface area (Å²) >= 11 is 0. The number of hydrogen-bond acceptors (Lipinski definition) is 0. The van der Waals surface area contributed by atoms with Crippen molar-refractivity contribution in [3.8, 4) is 0 Å². The summed E-state index contributed by atoms with van der Waals surface area (Å²) in [6.45, 7) is 0. The van der Waals surface area contributed by atoms with Gasteiger partial charge in [0.15, 0.2) is 0 Å². The van der Waals surface area contributed by atoms with Crippen molar-refractivity contribution in [1.29, 1.82) is 0 Å². The number of aromatic nitrogens is 1. The molecule has 1 aromatic heterocycles. The highest BCUT2D eigenvalue weighted by Crippen LogP contribution is 2.26. The van der Waals surface area contributed by atoms with Crippen LogP contribution in [-0.2, 0) is 7.05 Å². The number of nitrogens with zero attached hydrogens (tertiary/aromatic N) is 1. The molecule has 1 radical (unpaired) electrons. The second-order valence-electron chi connectivity index (χ2n) is 3.52. The van der Waals surface area contributed by atoms with Gasteiger partial charge in [0.1, 0.15) is 0 Å². The molecule has 0 spiro atoms. The van der Waals surface area contributed by atoms with Crippen LogP contribution in [0.3, 0.4) is 0 Å². The molecule has 0 atom stereocenters. The van der Waals surface area contributed by atoms with Gasteiger partial charge in [-0.05, 0) is 24.3 Å². The molecule has 3 rings (SSSR count). The zero-order valence-corrected chi connectivity index (χ0v) is 7.99. The first-order valence-corrected chi connectivity index (χ1v) is 4.71. The quantitative estimate of drug-likeness (QED) is 0.501. The minimum Gasteiger partial charge on any atom is -0.344 e. The van der Waals surface area contributed by atoms with E-state index < -0.39 is 0 Å². The van der Waals surface area contributed by atoms with Crippen LogP contribution in [0.1, 0.15) is 0 Å². The first kappa shape index (κ1) is 7.63.